The van der Waals surface area contributed by atoms with E-state index in [9.17, 15) is 19.5 Å². The van der Waals surface area contributed by atoms with Gasteiger partial charge in [-0.15, -0.1) is 13.2 Å². The second kappa shape index (κ2) is 17.1. The molecule has 2 aromatic carbocycles. The molecule has 3 aliphatic rings. The first-order valence-corrected chi connectivity index (χ1v) is 19.0. The summed E-state index contributed by atoms with van der Waals surface area (Å²) in [6.07, 6.45) is 3.43. The summed E-state index contributed by atoms with van der Waals surface area (Å²) in [6, 6.07) is 14.5. The lowest BCUT2D eigenvalue weighted by Crippen LogP contribution is -2.59. The van der Waals surface area contributed by atoms with Crippen LogP contribution in [0.15, 0.2) is 79.9 Å². The van der Waals surface area contributed by atoms with Crippen LogP contribution in [-0.2, 0) is 28.7 Å². The normalized spacial score (nSPS) is 24.7. The van der Waals surface area contributed by atoms with Gasteiger partial charge in [0.05, 0.1) is 36.6 Å². The lowest BCUT2D eigenvalue weighted by atomic mass is 9.70. The first-order chi connectivity index (χ1) is 25.5. The topological polar surface area (TPSA) is 129 Å². The molecule has 2 N–H and O–H groups in total. The van der Waals surface area contributed by atoms with E-state index in [1.807, 2.05) is 68.4 Å². The zero-order valence-electron chi connectivity index (χ0n) is 31.8. The van der Waals surface area contributed by atoms with Crippen LogP contribution in [0.4, 0.5) is 11.4 Å². The quantitative estimate of drug-likeness (QED) is 0.159. The number of aliphatic hydroxyl groups is 1. The van der Waals surface area contributed by atoms with Crippen molar-refractivity contribution < 1.29 is 33.8 Å². The molecule has 3 fully saturated rings. The third kappa shape index (κ3) is 7.64. The minimum absolute atomic E-state index is 0.179. The van der Waals surface area contributed by atoms with Crippen LogP contribution < -0.4 is 15.1 Å². The number of hydrogen-bond donors (Lipinski definition) is 2. The van der Waals surface area contributed by atoms with E-state index in [1.165, 1.54) is 4.90 Å². The summed E-state index contributed by atoms with van der Waals surface area (Å²) < 4.78 is 13.0. The maximum absolute atomic E-state index is 15.0. The van der Waals surface area contributed by atoms with Crippen LogP contribution in [0.5, 0.6) is 0 Å². The van der Waals surface area contributed by atoms with Gasteiger partial charge in [-0.1, -0.05) is 56.3 Å². The molecule has 8 atom stereocenters. The molecule has 53 heavy (non-hydrogen) atoms. The number of ether oxygens (including phenoxy) is 2. The van der Waals surface area contributed by atoms with Crippen molar-refractivity contribution in [3.63, 3.8) is 0 Å². The van der Waals surface area contributed by atoms with Crippen molar-refractivity contribution in [1.29, 1.82) is 0 Å². The third-order valence-electron chi connectivity index (χ3n) is 11.2. The van der Waals surface area contributed by atoms with Gasteiger partial charge in [0.25, 0.3) is 5.91 Å². The third-order valence-corrected chi connectivity index (χ3v) is 11.2. The number of likely N-dealkylation sites (tertiary alicyclic amines) is 1. The first-order valence-electron chi connectivity index (χ1n) is 19.0. The maximum Gasteiger partial charge on any atom is 0.313 e. The van der Waals surface area contributed by atoms with Crippen molar-refractivity contribution in [2.75, 3.05) is 36.0 Å². The highest BCUT2D eigenvalue weighted by molar-refractivity contribution is 6.05. The number of anilines is 2. The van der Waals surface area contributed by atoms with Crippen LogP contribution in [0.2, 0.25) is 0 Å². The molecule has 0 aromatic heterocycles. The van der Waals surface area contributed by atoms with E-state index in [0.717, 1.165) is 18.8 Å². The monoisotopic (exact) mass is 728 g/mol. The molecular weight excluding hydrogens is 672 g/mol. The average Bonchev–Trinajstić information content (AvgIpc) is 3.80. The van der Waals surface area contributed by atoms with Crippen LogP contribution in [0, 0.1) is 17.8 Å². The number of nitrogens with one attached hydrogen (secondary N) is 1. The van der Waals surface area contributed by atoms with Crippen LogP contribution >= 0.6 is 0 Å². The zero-order valence-corrected chi connectivity index (χ0v) is 31.8. The van der Waals surface area contributed by atoms with E-state index in [1.54, 1.807) is 24.0 Å². The van der Waals surface area contributed by atoms with Crippen LogP contribution in [0.3, 0.4) is 0 Å². The van der Waals surface area contributed by atoms with Gasteiger partial charge in [-0.05, 0) is 75.8 Å². The van der Waals surface area contributed by atoms with Crippen molar-refractivity contribution in [2.45, 2.75) is 96.2 Å². The number of nitrogens with zero attached hydrogens (tertiary/aromatic N) is 3. The number of rotatable bonds is 18. The molecule has 5 rings (SSSR count). The Labute approximate surface area is 314 Å². The minimum atomic E-state index is -1.31. The Morgan fingerprint density at radius 1 is 1.04 bits per heavy atom. The van der Waals surface area contributed by atoms with Gasteiger partial charge in [-0.25, -0.2) is 0 Å². The first kappa shape index (κ1) is 39.7. The van der Waals surface area contributed by atoms with E-state index < -0.39 is 59.6 Å². The van der Waals surface area contributed by atoms with Gasteiger partial charge >= 0.3 is 5.97 Å². The molecule has 3 heterocycles. The number of benzene rings is 2. The molecular formula is C42H56N4O7. The van der Waals surface area contributed by atoms with E-state index in [-0.39, 0.29) is 37.3 Å². The van der Waals surface area contributed by atoms with Crippen LogP contribution in [0.25, 0.3) is 0 Å². The average molecular weight is 729 g/mol. The molecule has 3 amide bonds. The van der Waals surface area contributed by atoms with Gasteiger partial charge in [-0.2, -0.15) is 0 Å². The highest BCUT2D eigenvalue weighted by Crippen LogP contribution is 2.59. The van der Waals surface area contributed by atoms with Gasteiger partial charge in [0.2, 0.25) is 11.8 Å². The minimum Gasteiger partial charge on any atom is -0.455 e. The fourth-order valence-electron chi connectivity index (χ4n) is 8.59. The summed E-state index contributed by atoms with van der Waals surface area (Å²) in [6.45, 7) is 18.8. The fourth-order valence-corrected chi connectivity index (χ4v) is 8.59. The summed E-state index contributed by atoms with van der Waals surface area (Å²) >= 11 is 0. The Morgan fingerprint density at radius 2 is 1.70 bits per heavy atom. The van der Waals surface area contributed by atoms with E-state index in [2.05, 4.69) is 37.2 Å². The van der Waals surface area contributed by atoms with Gasteiger partial charge in [0, 0.05) is 37.4 Å². The molecule has 0 radical (unpaired) electrons. The molecule has 11 heteroatoms. The highest BCUT2D eigenvalue weighted by atomic mass is 16.6. The Bertz CT molecular complexity index is 1630. The summed E-state index contributed by atoms with van der Waals surface area (Å²) in [5, 5.41) is 13.6. The Morgan fingerprint density at radius 3 is 2.28 bits per heavy atom. The number of esters is 1. The molecule has 3 aliphatic heterocycles. The number of amides is 3. The van der Waals surface area contributed by atoms with Gasteiger partial charge in [-0.3, -0.25) is 19.2 Å². The molecule has 0 aliphatic carbocycles. The fraction of sp³-hybridized carbons (Fsp3) is 0.524. The van der Waals surface area contributed by atoms with Gasteiger partial charge in [0.15, 0.2) is 0 Å². The second-order valence-electron chi connectivity index (χ2n) is 14.7. The van der Waals surface area contributed by atoms with E-state index in [0.29, 0.717) is 30.5 Å². The van der Waals surface area contributed by atoms with Gasteiger partial charge < -0.3 is 34.6 Å². The van der Waals surface area contributed by atoms with Crippen molar-refractivity contribution >= 4 is 35.1 Å². The largest absolute Gasteiger partial charge is 0.455 e. The number of carbonyl (C=O) groups is 4. The predicted molar refractivity (Wildman–Crippen MR) is 205 cm³/mol. The Balaban J connectivity index is 1.51. The Kier molecular flexibility index (Phi) is 12.8. The molecule has 0 unspecified atom stereocenters. The summed E-state index contributed by atoms with van der Waals surface area (Å²) in [7, 11) is 0. The number of hydrogen-bond acceptors (Lipinski definition) is 8. The van der Waals surface area contributed by atoms with Gasteiger partial charge in [0.1, 0.15) is 17.7 Å². The Hall–Kier alpha value is -4.48. The van der Waals surface area contributed by atoms with Crippen molar-refractivity contribution in [1.82, 2.24) is 10.2 Å². The van der Waals surface area contributed by atoms with Crippen molar-refractivity contribution in [3.8, 4) is 0 Å². The maximum atomic E-state index is 15.0. The smallest absolute Gasteiger partial charge is 0.313 e. The second-order valence-corrected chi connectivity index (χ2v) is 14.7. The van der Waals surface area contributed by atoms with Crippen LogP contribution in [-0.4, -0.2) is 89.8 Å². The molecule has 1 spiro atoms. The lowest BCUT2D eigenvalue weighted by Gasteiger charge is -2.40. The predicted octanol–water partition coefficient (Wildman–Crippen LogP) is 5.20. The van der Waals surface area contributed by atoms with Crippen molar-refractivity contribution in [2.24, 2.45) is 17.8 Å². The standard InChI is InChI=1S/C42H56N4O7/c1-8-12-18-34(48)43-28(7)37(29-16-14-13-15-17-29)52-41(51)35-33-23-24-42(53-33)36(35)39(49)46(32(26-47)27(5)6)38(42)40(50)45(25-9-2)31-21-19-30(20-22-31)44(10-3)11-4/h8-9,13-17,19-22,27-28,32-33,35-38,47H,1-2,10-12,18,23-26H2,3-7H3,(H,43,48)/t28-,32+,33-,35+,36+,37-,38-,42+/m1/s1. The van der Waals surface area contributed by atoms with E-state index >= 15 is 4.79 Å². The number of fused-ring (bicyclic) bond motifs is 1. The number of aliphatic hydroxyl groups excluding tert-OH is 1. The number of carbonyl (C=O) groups excluding carboxylic acids is 4. The lowest BCUT2D eigenvalue weighted by molar-refractivity contribution is -0.162. The van der Waals surface area contributed by atoms with Crippen molar-refractivity contribution in [3.05, 3.63) is 85.5 Å². The molecule has 2 bridgehead atoms. The number of allylic oxidation sites excluding steroid dienone is 1. The SMILES string of the molecule is C=CCCC(=O)N[C@H](C)[C@@H](OC(=O)[C@@H]1[C@H]2C(=O)N([C@@H](CO)C(C)C)[C@H](C(=O)N(CC=C)c3ccc(N(CC)CC)cc3)[C@]23CC[C@H]1O3)c1ccccc1. The van der Waals surface area contributed by atoms with Crippen LogP contribution in [0.1, 0.15) is 72.0 Å². The molecule has 2 aromatic rings. The highest BCUT2D eigenvalue weighted by Gasteiger charge is 2.76. The summed E-state index contributed by atoms with van der Waals surface area (Å²) in [5.41, 5.74) is 1.05. The van der Waals surface area contributed by atoms with E-state index in [4.69, 9.17) is 9.47 Å². The summed E-state index contributed by atoms with van der Waals surface area (Å²) in [4.78, 5) is 62.3. The molecule has 11 nitrogen and oxygen atoms in total. The molecule has 286 valence electrons. The molecule has 3 saturated heterocycles. The molecule has 0 saturated carbocycles. The summed E-state index contributed by atoms with van der Waals surface area (Å²) in [5.74, 6) is -3.77. The zero-order chi connectivity index (χ0) is 38.4.